The highest BCUT2D eigenvalue weighted by atomic mass is 79.9. The molecule has 5 nitrogen and oxygen atoms in total. The summed E-state index contributed by atoms with van der Waals surface area (Å²) < 4.78 is 18.2. The smallest absolute Gasteiger partial charge is 0.287 e. The van der Waals surface area contributed by atoms with Gasteiger partial charge in [0.1, 0.15) is 18.3 Å². The van der Waals surface area contributed by atoms with Gasteiger partial charge in [0.15, 0.2) is 17.3 Å². The highest BCUT2D eigenvalue weighted by Gasteiger charge is 2.23. The lowest BCUT2D eigenvalue weighted by molar-refractivity contribution is 0.0774. The van der Waals surface area contributed by atoms with Gasteiger partial charge in [0.2, 0.25) is 0 Å². The lowest BCUT2D eigenvalue weighted by Gasteiger charge is -2.26. The number of ether oxygens (including phenoxy) is 2. The molecule has 1 N–H and O–H groups in total. The van der Waals surface area contributed by atoms with Gasteiger partial charge in [-0.2, -0.15) is 0 Å². The van der Waals surface area contributed by atoms with E-state index in [4.69, 9.17) is 13.9 Å². The molecule has 0 bridgehead atoms. The van der Waals surface area contributed by atoms with Gasteiger partial charge < -0.3 is 19.2 Å². The normalized spacial score (nSPS) is 16.0. The molecule has 128 valence electrons. The number of aryl methyl sites for hydroxylation is 1. The maximum absolute atomic E-state index is 12.5. The Hall–Kier alpha value is -2.47. The second-order valence-corrected chi connectivity index (χ2v) is 6.82. The van der Waals surface area contributed by atoms with Gasteiger partial charge in [-0.15, -0.1) is 0 Å². The maximum atomic E-state index is 12.5. The first-order valence-electron chi connectivity index (χ1n) is 7.97. The van der Waals surface area contributed by atoms with Gasteiger partial charge in [-0.25, -0.2) is 0 Å². The van der Waals surface area contributed by atoms with E-state index in [1.165, 1.54) is 0 Å². The number of carbonyl (C=O) groups excluding carboxylic acids is 1. The minimum absolute atomic E-state index is 0.238. The first kappa shape index (κ1) is 16.0. The Balaban J connectivity index is 1.46. The molecule has 4 rings (SSSR count). The molecule has 0 radical (unpaired) electrons. The molecule has 0 saturated heterocycles. The number of furan rings is 1. The van der Waals surface area contributed by atoms with Gasteiger partial charge in [-0.1, -0.05) is 28.1 Å². The summed E-state index contributed by atoms with van der Waals surface area (Å²) in [6, 6.07) is 13.2. The van der Waals surface area contributed by atoms with Crippen LogP contribution in [-0.2, 0) is 0 Å². The molecular formula is C19H16BrNO4. The Kier molecular flexibility index (Phi) is 4.13. The number of rotatable bonds is 3. The molecule has 0 fully saturated rings. The van der Waals surface area contributed by atoms with Crippen molar-refractivity contribution in [3.8, 4) is 11.5 Å². The average molecular weight is 402 g/mol. The van der Waals surface area contributed by atoms with Crippen LogP contribution in [0.3, 0.4) is 0 Å². The number of hydrogen-bond donors (Lipinski definition) is 1. The molecule has 6 heteroatoms. The fourth-order valence-electron chi connectivity index (χ4n) is 2.86. The van der Waals surface area contributed by atoms with Gasteiger partial charge in [0, 0.05) is 15.4 Å². The molecule has 0 saturated carbocycles. The fourth-order valence-corrected chi connectivity index (χ4v) is 3.22. The van der Waals surface area contributed by atoms with Crippen molar-refractivity contribution in [2.45, 2.75) is 13.0 Å². The number of benzene rings is 2. The van der Waals surface area contributed by atoms with Crippen LogP contribution in [0.2, 0.25) is 0 Å². The van der Waals surface area contributed by atoms with E-state index >= 15 is 0 Å². The van der Waals surface area contributed by atoms with Gasteiger partial charge in [-0.3, -0.25) is 4.79 Å². The SMILES string of the molecule is Cc1c(C(=O)NC[C@H]2COc3ccccc3O2)oc2ccc(Br)cc12. The summed E-state index contributed by atoms with van der Waals surface area (Å²) in [6.07, 6.45) is -0.238. The molecule has 0 unspecified atom stereocenters. The van der Waals surface area contributed by atoms with Gasteiger partial charge in [0.05, 0.1) is 6.54 Å². The summed E-state index contributed by atoms with van der Waals surface area (Å²) in [6.45, 7) is 2.61. The average Bonchev–Trinajstić information content (AvgIpc) is 2.96. The summed E-state index contributed by atoms with van der Waals surface area (Å²) in [4.78, 5) is 12.5. The second-order valence-electron chi connectivity index (χ2n) is 5.90. The van der Waals surface area contributed by atoms with Crippen molar-refractivity contribution in [2.24, 2.45) is 0 Å². The van der Waals surface area contributed by atoms with Crippen LogP contribution in [0.1, 0.15) is 16.1 Å². The molecular weight excluding hydrogens is 386 g/mol. The van der Waals surface area contributed by atoms with Crippen LogP contribution in [0.4, 0.5) is 0 Å². The predicted molar refractivity (Wildman–Crippen MR) is 97.3 cm³/mol. The Bertz CT molecular complexity index is 950. The molecule has 1 aliphatic heterocycles. The monoisotopic (exact) mass is 401 g/mol. The van der Waals surface area contributed by atoms with Crippen molar-refractivity contribution in [1.82, 2.24) is 5.32 Å². The maximum Gasteiger partial charge on any atom is 0.287 e. The van der Waals surface area contributed by atoms with Crippen LogP contribution in [0.15, 0.2) is 51.4 Å². The first-order valence-corrected chi connectivity index (χ1v) is 8.76. The largest absolute Gasteiger partial charge is 0.486 e. The van der Waals surface area contributed by atoms with E-state index in [9.17, 15) is 4.79 Å². The van der Waals surface area contributed by atoms with Crippen molar-refractivity contribution in [2.75, 3.05) is 13.2 Å². The topological polar surface area (TPSA) is 60.7 Å². The van der Waals surface area contributed by atoms with Gasteiger partial charge in [-0.05, 0) is 37.3 Å². The number of fused-ring (bicyclic) bond motifs is 2. The van der Waals surface area contributed by atoms with Crippen LogP contribution < -0.4 is 14.8 Å². The van der Waals surface area contributed by atoms with E-state index in [-0.39, 0.29) is 12.0 Å². The highest BCUT2D eigenvalue weighted by molar-refractivity contribution is 9.10. The van der Waals surface area contributed by atoms with E-state index in [1.54, 1.807) is 0 Å². The van der Waals surface area contributed by atoms with Crippen molar-refractivity contribution in [3.05, 3.63) is 58.3 Å². The molecule has 1 atom stereocenters. The highest BCUT2D eigenvalue weighted by Crippen LogP contribution is 2.31. The van der Waals surface area contributed by atoms with Crippen LogP contribution in [0.5, 0.6) is 11.5 Å². The van der Waals surface area contributed by atoms with E-state index < -0.39 is 0 Å². The van der Waals surface area contributed by atoms with Crippen LogP contribution in [0.25, 0.3) is 11.0 Å². The van der Waals surface area contributed by atoms with Gasteiger partial charge >= 0.3 is 0 Å². The molecule has 3 aromatic rings. The molecule has 1 aliphatic rings. The van der Waals surface area contributed by atoms with E-state index in [0.717, 1.165) is 21.2 Å². The number of amides is 1. The Morgan fingerprint density at radius 3 is 2.88 bits per heavy atom. The van der Waals surface area contributed by atoms with E-state index in [0.29, 0.717) is 30.2 Å². The molecule has 0 aliphatic carbocycles. The first-order chi connectivity index (χ1) is 12.1. The molecule has 2 heterocycles. The van der Waals surface area contributed by atoms with Crippen LogP contribution >= 0.6 is 15.9 Å². The molecule has 2 aromatic carbocycles. The van der Waals surface area contributed by atoms with E-state index in [1.807, 2.05) is 49.4 Å². The lowest BCUT2D eigenvalue weighted by atomic mass is 10.1. The van der Waals surface area contributed by atoms with Crippen molar-refractivity contribution in [3.63, 3.8) is 0 Å². The van der Waals surface area contributed by atoms with Crippen LogP contribution in [-0.4, -0.2) is 25.2 Å². The number of halogens is 1. The minimum atomic E-state index is -0.257. The predicted octanol–water partition coefficient (Wildman–Crippen LogP) is 4.07. The van der Waals surface area contributed by atoms with Crippen molar-refractivity contribution < 1.29 is 18.7 Å². The van der Waals surface area contributed by atoms with Crippen molar-refractivity contribution in [1.29, 1.82) is 0 Å². The van der Waals surface area contributed by atoms with E-state index in [2.05, 4.69) is 21.2 Å². The molecule has 1 aromatic heterocycles. The summed E-state index contributed by atoms with van der Waals surface area (Å²) in [5.74, 6) is 1.49. The minimum Gasteiger partial charge on any atom is -0.486 e. The molecule has 25 heavy (non-hydrogen) atoms. The number of nitrogens with one attached hydrogen (secondary N) is 1. The molecule has 1 amide bonds. The summed E-state index contributed by atoms with van der Waals surface area (Å²) in [7, 11) is 0. The Morgan fingerprint density at radius 1 is 1.24 bits per heavy atom. The third kappa shape index (κ3) is 3.09. The van der Waals surface area contributed by atoms with Crippen LogP contribution in [0, 0.1) is 6.92 Å². The Morgan fingerprint density at radius 2 is 2.04 bits per heavy atom. The zero-order chi connectivity index (χ0) is 17.4. The zero-order valence-corrected chi connectivity index (χ0v) is 15.1. The van der Waals surface area contributed by atoms with Gasteiger partial charge in [0.25, 0.3) is 5.91 Å². The quantitative estimate of drug-likeness (QED) is 0.718. The summed E-state index contributed by atoms with van der Waals surface area (Å²) >= 11 is 3.44. The third-order valence-corrected chi connectivity index (χ3v) is 4.66. The fraction of sp³-hybridized carbons (Fsp3) is 0.211. The summed E-state index contributed by atoms with van der Waals surface area (Å²) in [5.41, 5.74) is 1.51. The molecule has 0 spiro atoms. The number of carbonyl (C=O) groups is 1. The summed E-state index contributed by atoms with van der Waals surface area (Å²) in [5, 5.41) is 3.79. The zero-order valence-electron chi connectivity index (χ0n) is 13.5. The number of hydrogen-bond acceptors (Lipinski definition) is 4. The second kappa shape index (κ2) is 6.44. The number of para-hydroxylation sites is 2. The standard InChI is InChI=1S/C19H16BrNO4/c1-11-14-8-12(20)6-7-15(14)25-18(11)19(22)21-9-13-10-23-16-4-2-3-5-17(16)24-13/h2-8,13H,9-10H2,1H3,(H,21,22)/t13-/m0/s1. The lowest BCUT2D eigenvalue weighted by Crippen LogP contribution is -2.40. The third-order valence-electron chi connectivity index (χ3n) is 4.16. The Labute approximate surface area is 153 Å². The van der Waals surface area contributed by atoms with Crippen molar-refractivity contribution >= 4 is 32.8 Å².